The number of thioether (sulfide) groups is 1. The van der Waals surface area contributed by atoms with Crippen molar-refractivity contribution in [2.75, 3.05) is 36.2 Å². The van der Waals surface area contributed by atoms with E-state index in [2.05, 4.69) is 25.6 Å². The largest absolute Gasteiger partial charge is 0.357 e. The van der Waals surface area contributed by atoms with E-state index >= 15 is 0 Å². The Balaban J connectivity index is 2.62. The van der Waals surface area contributed by atoms with E-state index < -0.39 is 0 Å². The lowest BCUT2D eigenvalue weighted by molar-refractivity contribution is 1.02. The fraction of sp³-hybridized carbons (Fsp3) is 0.571. The highest BCUT2D eigenvalue weighted by Crippen LogP contribution is 2.08. The summed E-state index contributed by atoms with van der Waals surface area (Å²) in [6, 6.07) is 0. The zero-order valence-corrected chi connectivity index (χ0v) is 9.61. The van der Waals surface area contributed by atoms with E-state index in [-0.39, 0.29) is 5.28 Å². The van der Waals surface area contributed by atoms with Crippen molar-refractivity contribution in [2.45, 2.75) is 0 Å². The van der Waals surface area contributed by atoms with E-state index in [0.717, 1.165) is 12.3 Å². The van der Waals surface area contributed by atoms with Crippen molar-refractivity contribution in [1.82, 2.24) is 15.0 Å². The lowest BCUT2D eigenvalue weighted by Gasteiger charge is -2.05. The van der Waals surface area contributed by atoms with Crippen LogP contribution in [0.3, 0.4) is 0 Å². The van der Waals surface area contributed by atoms with Gasteiger partial charge in [-0.25, -0.2) is 0 Å². The first-order valence-corrected chi connectivity index (χ1v) is 5.85. The molecular weight excluding hydrogens is 222 g/mol. The monoisotopic (exact) mass is 233 g/mol. The maximum Gasteiger partial charge on any atom is 0.228 e. The molecule has 7 heteroatoms. The van der Waals surface area contributed by atoms with Gasteiger partial charge in [0.2, 0.25) is 17.2 Å². The summed E-state index contributed by atoms with van der Waals surface area (Å²) in [4.78, 5) is 11.9. The number of halogens is 1. The molecule has 0 aromatic carbocycles. The van der Waals surface area contributed by atoms with Crippen molar-refractivity contribution < 1.29 is 0 Å². The highest BCUT2D eigenvalue weighted by Gasteiger charge is 2.01. The van der Waals surface area contributed by atoms with Crippen molar-refractivity contribution in [3.05, 3.63) is 5.28 Å². The molecule has 0 atom stereocenters. The summed E-state index contributed by atoms with van der Waals surface area (Å²) >= 11 is 7.45. The van der Waals surface area contributed by atoms with E-state index in [4.69, 9.17) is 11.6 Å². The second-order valence-corrected chi connectivity index (χ2v) is 3.74. The standard InChI is InChI=1S/C7H12ClN5S/c1-9-6-11-5(8)12-7(13-6)10-3-4-14-2/h3-4H2,1-2H3,(H2,9,10,11,12,13). The van der Waals surface area contributed by atoms with Gasteiger partial charge in [0.25, 0.3) is 0 Å². The van der Waals surface area contributed by atoms with Crippen LogP contribution in [-0.2, 0) is 0 Å². The second kappa shape index (κ2) is 5.87. The number of nitrogens with one attached hydrogen (secondary N) is 2. The van der Waals surface area contributed by atoms with Gasteiger partial charge in [0.05, 0.1) is 0 Å². The first-order valence-electron chi connectivity index (χ1n) is 4.08. The molecular formula is C7H12ClN5S. The van der Waals surface area contributed by atoms with Gasteiger partial charge in [-0.3, -0.25) is 0 Å². The Bertz CT molecular complexity index is 295. The molecule has 0 spiro atoms. The third kappa shape index (κ3) is 3.55. The van der Waals surface area contributed by atoms with Gasteiger partial charge in [-0.05, 0) is 17.9 Å². The minimum Gasteiger partial charge on any atom is -0.357 e. The summed E-state index contributed by atoms with van der Waals surface area (Å²) in [7, 11) is 1.73. The van der Waals surface area contributed by atoms with E-state index in [1.165, 1.54) is 0 Å². The Hall–Kier alpha value is -0.750. The average Bonchev–Trinajstić information content (AvgIpc) is 2.17. The Morgan fingerprint density at radius 3 is 2.64 bits per heavy atom. The molecule has 0 aliphatic heterocycles. The number of anilines is 2. The molecule has 1 aromatic heterocycles. The lowest BCUT2D eigenvalue weighted by Crippen LogP contribution is -2.09. The van der Waals surface area contributed by atoms with Gasteiger partial charge in [-0.15, -0.1) is 0 Å². The molecule has 0 aliphatic rings. The van der Waals surface area contributed by atoms with E-state index in [1.807, 2.05) is 6.26 Å². The van der Waals surface area contributed by atoms with Crippen molar-refractivity contribution in [3.63, 3.8) is 0 Å². The average molecular weight is 234 g/mol. The Morgan fingerprint density at radius 2 is 2.00 bits per heavy atom. The summed E-state index contributed by atoms with van der Waals surface area (Å²) in [6.07, 6.45) is 2.04. The fourth-order valence-electron chi connectivity index (χ4n) is 0.806. The number of nitrogens with zero attached hydrogens (tertiary/aromatic N) is 3. The normalized spacial score (nSPS) is 9.93. The minimum atomic E-state index is 0.191. The van der Waals surface area contributed by atoms with Crippen molar-refractivity contribution in [1.29, 1.82) is 0 Å². The molecule has 0 bridgehead atoms. The molecule has 78 valence electrons. The predicted molar refractivity (Wildman–Crippen MR) is 61.3 cm³/mol. The van der Waals surface area contributed by atoms with Crippen LogP contribution >= 0.6 is 23.4 Å². The molecule has 0 saturated carbocycles. The number of aromatic nitrogens is 3. The summed E-state index contributed by atoms with van der Waals surface area (Å²) in [5.74, 6) is 1.97. The zero-order valence-electron chi connectivity index (χ0n) is 8.04. The molecule has 0 amide bonds. The van der Waals surface area contributed by atoms with Crippen LogP contribution in [0.2, 0.25) is 5.28 Å². The SMILES string of the molecule is CNc1nc(Cl)nc(NCCSC)n1. The van der Waals surface area contributed by atoms with Crippen LogP contribution in [0.15, 0.2) is 0 Å². The molecule has 5 nitrogen and oxygen atoms in total. The minimum absolute atomic E-state index is 0.191. The smallest absolute Gasteiger partial charge is 0.228 e. The molecule has 0 radical (unpaired) electrons. The molecule has 2 N–H and O–H groups in total. The van der Waals surface area contributed by atoms with Gasteiger partial charge in [-0.2, -0.15) is 26.7 Å². The Morgan fingerprint density at radius 1 is 1.29 bits per heavy atom. The Labute approximate surface area is 92.1 Å². The first-order chi connectivity index (χ1) is 6.76. The maximum atomic E-state index is 5.69. The van der Waals surface area contributed by atoms with Gasteiger partial charge in [0.1, 0.15) is 0 Å². The highest BCUT2D eigenvalue weighted by molar-refractivity contribution is 7.98. The predicted octanol–water partition coefficient (Wildman–Crippen LogP) is 1.34. The summed E-state index contributed by atoms with van der Waals surface area (Å²) in [5, 5.41) is 6.05. The van der Waals surface area contributed by atoms with Crippen molar-refractivity contribution >= 4 is 35.3 Å². The number of hydrogen-bond acceptors (Lipinski definition) is 6. The molecule has 1 rings (SSSR count). The van der Waals surface area contributed by atoms with Crippen LogP contribution in [-0.4, -0.2) is 40.6 Å². The molecule has 14 heavy (non-hydrogen) atoms. The molecule has 0 aliphatic carbocycles. The van der Waals surface area contributed by atoms with Gasteiger partial charge in [0.15, 0.2) is 0 Å². The van der Waals surface area contributed by atoms with Gasteiger partial charge >= 0.3 is 0 Å². The summed E-state index contributed by atoms with van der Waals surface area (Å²) in [5.41, 5.74) is 0. The van der Waals surface area contributed by atoms with Gasteiger partial charge in [-0.1, -0.05) is 0 Å². The third-order valence-corrected chi connectivity index (χ3v) is 2.20. The van der Waals surface area contributed by atoms with Crippen LogP contribution in [0.1, 0.15) is 0 Å². The summed E-state index contributed by atoms with van der Waals surface area (Å²) in [6.45, 7) is 0.810. The van der Waals surface area contributed by atoms with Crippen molar-refractivity contribution in [2.24, 2.45) is 0 Å². The third-order valence-electron chi connectivity index (χ3n) is 1.42. The Kier molecular flexibility index (Phi) is 4.75. The van der Waals surface area contributed by atoms with Crippen molar-refractivity contribution in [3.8, 4) is 0 Å². The lowest BCUT2D eigenvalue weighted by atomic mass is 10.7. The maximum absolute atomic E-state index is 5.69. The van der Waals surface area contributed by atoms with E-state index in [0.29, 0.717) is 11.9 Å². The van der Waals surface area contributed by atoms with Crippen LogP contribution < -0.4 is 10.6 Å². The molecule has 0 saturated heterocycles. The molecule has 0 fully saturated rings. The quantitative estimate of drug-likeness (QED) is 0.749. The zero-order chi connectivity index (χ0) is 10.4. The number of hydrogen-bond donors (Lipinski definition) is 2. The number of rotatable bonds is 5. The van der Waals surface area contributed by atoms with Crippen LogP contribution in [0.25, 0.3) is 0 Å². The van der Waals surface area contributed by atoms with Gasteiger partial charge in [0, 0.05) is 19.3 Å². The second-order valence-electron chi connectivity index (χ2n) is 2.42. The van der Waals surface area contributed by atoms with Crippen LogP contribution in [0.5, 0.6) is 0 Å². The fourth-order valence-corrected chi connectivity index (χ4v) is 1.27. The van der Waals surface area contributed by atoms with E-state index in [9.17, 15) is 0 Å². The highest BCUT2D eigenvalue weighted by atomic mass is 35.5. The topological polar surface area (TPSA) is 62.7 Å². The first kappa shape index (κ1) is 11.3. The van der Waals surface area contributed by atoms with Crippen LogP contribution in [0.4, 0.5) is 11.9 Å². The van der Waals surface area contributed by atoms with Gasteiger partial charge < -0.3 is 10.6 Å². The summed E-state index contributed by atoms with van der Waals surface area (Å²) < 4.78 is 0. The molecule has 1 aromatic rings. The molecule has 1 heterocycles. The van der Waals surface area contributed by atoms with E-state index in [1.54, 1.807) is 18.8 Å². The molecule has 0 unspecified atom stereocenters. The van der Waals surface area contributed by atoms with Crippen LogP contribution in [0, 0.1) is 0 Å².